The van der Waals surface area contributed by atoms with Crippen molar-refractivity contribution in [3.05, 3.63) is 23.8 Å². The predicted molar refractivity (Wildman–Crippen MR) is 50.4 cm³/mol. The van der Waals surface area contributed by atoms with Crippen molar-refractivity contribution in [1.29, 1.82) is 0 Å². The van der Waals surface area contributed by atoms with E-state index in [9.17, 15) is 0 Å². The lowest BCUT2D eigenvalue weighted by Crippen LogP contribution is -2.12. The summed E-state index contributed by atoms with van der Waals surface area (Å²) < 4.78 is 15.9. The van der Waals surface area contributed by atoms with Crippen molar-refractivity contribution < 1.29 is 0 Å². The van der Waals surface area contributed by atoms with Gasteiger partial charge in [0.15, 0.2) is 0 Å². The van der Waals surface area contributed by atoms with Crippen LogP contribution in [0, 0.1) is 0 Å². The minimum Gasteiger partial charge on any atom is -0.305 e. The van der Waals surface area contributed by atoms with Gasteiger partial charge in [0, 0.05) is 13.1 Å². The molecule has 0 atom stereocenters. The summed E-state index contributed by atoms with van der Waals surface area (Å²) in [7, 11) is 0. The normalized spacial score (nSPS) is 10.5. The molecule has 1 N–H and O–H groups in total. The first-order valence-corrected chi connectivity index (χ1v) is 5.15. The molecule has 0 amide bonds. The first kappa shape index (κ1) is 8.67. The van der Waals surface area contributed by atoms with Crippen LogP contribution >= 0.6 is 23.5 Å². The van der Waals surface area contributed by atoms with Crippen molar-refractivity contribution in [2.45, 2.75) is 13.1 Å². The van der Waals surface area contributed by atoms with E-state index >= 15 is 0 Å². The summed E-state index contributed by atoms with van der Waals surface area (Å²) in [6.07, 6.45) is 3.52. The fourth-order valence-electron chi connectivity index (χ4n) is 0.842. The fraction of sp³-hybridized carbons (Fsp3) is 0.333. The summed E-state index contributed by atoms with van der Waals surface area (Å²) >= 11 is 2.44. The number of nitrogens with zero attached hydrogens (tertiary/aromatic N) is 4. The summed E-state index contributed by atoms with van der Waals surface area (Å²) in [6, 6.07) is 0. The van der Waals surface area contributed by atoms with Crippen LogP contribution in [-0.2, 0) is 13.1 Å². The Bertz CT molecular complexity index is 296. The van der Waals surface area contributed by atoms with E-state index in [0.717, 1.165) is 24.5 Å². The summed E-state index contributed by atoms with van der Waals surface area (Å²) in [5, 5.41) is 3.20. The van der Waals surface area contributed by atoms with Gasteiger partial charge in [0.05, 0.1) is 47.2 Å². The predicted octanol–water partition coefficient (Wildman–Crippen LogP) is 0.679. The molecule has 0 unspecified atom stereocenters. The third-order valence-electron chi connectivity index (χ3n) is 1.43. The molecule has 0 aliphatic rings. The molecular weight excluding hydrogens is 206 g/mol. The van der Waals surface area contributed by atoms with E-state index in [1.807, 2.05) is 0 Å². The fourth-order valence-corrected chi connectivity index (χ4v) is 1.71. The SMILES string of the molecule is c1nsnc1CNCc1cnsn1. The summed E-state index contributed by atoms with van der Waals surface area (Å²) in [4.78, 5) is 0. The summed E-state index contributed by atoms with van der Waals surface area (Å²) in [5.74, 6) is 0. The van der Waals surface area contributed by atoms with Crippen LogP contribution in [0.5, 0.6) is 0 Å². The molecule has 2 aromatic rings. The molecule has 0 spiro atoms. The van der Waals surface area contributed by atoms with E-state index < -0.39 is 0 Å². The van der Waals surface area contributed by atoms with E-state index in [1.54, 1.807) is 12.4 Å². The molecular formula is C6H7N5S2. The minimum atomic E-state index is 0.730. The van der Waals surface area contributed by atoms with Crippen LogP contribution in [0.4, 0.5) is 0 Å². The molecule has 0 saturated carbocycles. The Morgan fingerprint density at radius 3 is 1.92 bits per heavy atom. The molecule has 68 valence electrons. The largest absolute Gasteiger partial charge is 0.305 e. The molecule has 0 aliphatic carbocycles. The highest BCUT2D eigenvalue weighted by molar-refractivity contribution is 6.99. The zero-order chi connectivity index (χ0) is 8.93. The standard InChI is InChI=1S/C6H7N5S2/c1(5-3-8-12-10-5)7-2-6-4-9-13-11-6/h3-4,7H,1-2H2. The molecule has 0 saturated heterocycles. The van der Waals surface area contributed by atoms with Gasteiger partial charge in [-0.1, -0.05) is 0 Å². The molecule has 13 heavy (non-hydrogen) atoms. The van der Waals surface area contributed by atoms with Crippen LogP contribution in [-0.4, -0.2) is 17.5 Å². The third kappa shape index (κ3) is 2.51. The Kier molecular flexibility index (Phi) is 2.90. The van der Waals surface area contributed by atoms with Crippen LogP contribution in [0.2, 0.25) is 0 Å². The van der Waals surface area contributed by atoms with Gasteiger partial charge in [0.2, 0.25) is 0 Å². The molecule has 0 radical (unpaired) electrons. The average molecular weight is 213 g/mol. The van der Waals surface area contributed by atoms with Crippen molar-refractivity contribution in [3.63, 3.8) is 0 Å². The van der Waals surface area contributed by atoms with Crippen LogP contribution in [0.25, 0.3) is 0 Å². The number of rotatable bonds is 4. The van der Waals surface area contributed by atoms with Gasteiger partial charge in [-0.25, -0.2) is 0 Å². The maximum atomic E-state index is 4.07. The van der Waals surface area contributed by atoms with Crippen molar-refractivity contribution in [2.75, 3.05) is 0 Å². The number of nitrogens with one attached hydrogen (secondary N) is 1. The van der Waals surface area contributed by atoms with Gasteiger partial charge in [0.1, 0.15) is 0 Å². The van der Waals surface area contributed by atoms with E-state index in [-0.39, 0.29) is 0 Å². The second kappa shape index (κ2) is 4.35. The highest BCUT2D eigenvalue weighted by atomic mass is 32.1. The monoisotopic (exact) mass is 213 g/mol. The Labute approximate surface area is 83.5 Å². The van der Waals surface area contributed by atoms with E-state index in [1.165, 1.54) is 23.5 Å². The van der Waals surface area contributed by atoms with Gasteiger partial charge < -0.3 is 5.32 Å². The third-order valence-corrected chi connectivity index (χ3v) is 2.46. The summed E-state index contributed by atoms with van der Waals surface area (Å²) in [5.41, 5.74) is 1.93. The molecule has 2 aromatic heterocycles. The highest BCUT2D eigenvalue weighted by Crippen LogP contribution is 1.97. The number of hydrogen-bond donors (Lipinski definition) is 1. The lowest BCUT2D eigenvalue weighted by atomic mass is 10.4. The maximum Gasteiger partial charge on any atom is 0.0880 e. The highest BCUT2D eigenvalue weighted by Gasteiger charge is 1.97. The first-order chi connectivity index (χ1) is 6.45. The number of hydrogen-bond acceptors (Lipinski definition) is 7. The molecule has 5 nitrogen and oxygen atoms in total. The molecule has 0 bridgehead atoms. The van der Waals surface area contributed by atoms with Crippen molar-refractivity contribution >= 4 is 23.5 Å². The second-order valence-electron chi connectivity index (χ2n) is 2.40. The first-order valence-electron chi connectivity index (χ1n) is 3.69. The Morgan fingerprint density at radius 2 is 1.54 bits per heavy atom. The lowest BCUT2D eigenvalue weighted by molar-refractivity contribution is 0.675. The van der Waals surface area contributed by atoms with Gasteiger partial charge in [-0.05, 0) is 0 Å². The van der Waals surface area contributed by atoms with Gasteiger partial charge in [-0.3, -0.25) is 0 Å². The second-order valence-corrected chi connectivity index (χ2v) is 3.51. The van der Waals surface area contributed by atoms with Gasteiger partial charge in [0.25, 0.3) is 0 Å². The Balaban J connectivity index is 1.76. The molecule has 7 heteroatoms. The quantitative estimate of drug-likeness (QED) is 0.809. The average Bonchev–Trinajstić information content (AvgIpc) is 2.75. The van der Waals surface area contributed by atoms with E-state index in [2.05, 4.69) is 22.8 Å². The van der Waals surface area contributed by atoms with Crippen LogP contribution < -0.4 is 5.32 Å². The molecule has 0 aliphatic heterocycles. The minimum absolute atomic E-state index is 0.730. The summed E-state index contributed by atoms with van der Waals surface area (Å²) in [6.45, 7) is 1.46. The number of aromatic nitrogens is 4. The van der Waals surface area contributed by atoms with Crippen molar-refractivity contribution in [2.24, 2.45) is 0 Å². The molecule has 0 aromatic carbocycles. The van der Waals surface area contributed by atoms with Crippen LogP contribution in [0.1, 0.15) is 11.4 Å². The smallest absolute Gasteiger partial charge is 0.0880 e. The topological polar surface area (TPSA) is 63.6 Å². The molecule has 0 fully saturated rings. The van der Waals surface area contributed by atoms with E-state index in [0.29, 0.717) is 0 Å². The Morgan fingerprint density at radius 1 is 1.00 bits per heavy atom. The van der Waals surface area contributed by atoms with Crippen molar-refractivity contribution in [3.8, 4) is 0 Å². The maximum absolute atomic E-state index is 4.07. The molecule has 2 heterocycles. The van der Waals surface area contributed by atoms with E-state index in [4.69, 9.17) is 0 Å². The van der Waals surface area contributed by atoms with Gasteiger partial charge in [-0.2, -0.15) is 17.5 Å². The zero-order valence-electron chi connectivity index (χ0n) is 6.67. The van der Waals surface area contributed by atoms with Gasteiger partial charge >= 0.3 is 0 Å². The van der Waals surface area contributed by atoms with Crippen molar-refractivity contribution in [1.82, 2.24) is 22.8 Å². The lowest BCUT2D eigenvalue weighted by Gasteiger charge is -1.96. The van der Waals surface area contributed by atoms with Crippen LogP contribution in [0.3, 0.4) is 0 Å². The van der Waals surface area contributed by atoms with Gasteiger partial charge in [-0.15, -0.1) is 0 Å². The zero-order valence-corrected chi connectivity index (χ0v) is 8.31. The Hall–Kier alpha value is -0.920. The molecule has 2 rings (SSSR count). The van der Waals surface area contributed by atoms with Crippen LogP contribution in [0.15, 0.2) is 12.4 Å².